The van der Waals surface area contributed by atoms with Gasteiger partial charge in [-0.25, -0.2) is 9.78 Å². The third kappa shape index (κ3) is 3.37. The van der Waals surface area contributed by atoms with Crippen LogP contribution in [0.2, 0.25) is 0 Å². The van der Waals surface area contributed by atoms with E-state index in [0.717, 1.165) is 17.7 Å². The van der Waals surface area contributed by atoms with E-state index in [1.54, 1.807) is 4.90 Å². The molecule has 1 aliphatic rings. The molecule has 1 aliphatic heterocycles. The number of halogens is 1. The lowest BCUT2D eigenvalue weighted by atomic mass is 10.1. The van der Waals surface area contributed by atoms with E-state index in [9.17, 15) is 4.79 Å². The first-order chi connectivity index (χ1) is 8.76. The van der Waals surface area contributed by atoms with Gasteiger partial charge in [0.2, 0.25) is 0 Å². The number of hydrogen-bond donors (Lipinski definition) is 1. The Morgan fingerprint density at radius 3 is 2.84 bits per heavy atom. The van der Waals surface area contributed by atoms with Crippen molar-refractivity contribution in [2.45, 2.75) is 39.3 Å². The summed E-state index contributed by atoms with van der Waals surface area (Å²) in [6.07, 6.45) is 0.451. The number of carbonyl (C=O) groups is 1. The van der Waals surface area contributed by atoms with E-state index in [0.29, 0.717) is 23.4 Å². The molecule has 0 saturated heterocycles. The fraction of sp³-hybridized carbons (Fsp3) is 0.538. The van der Waals surface area contributed by atoms with Gasteiger partial charge in [-0.3, -0.25) is 0 Å². The topological polar surface area (TPSA) is 68.5 Å². The van der Waals surface area contributed by atoms with Crippen LogP contribution >= 0.6 is 15.9 Å². The fourth-order valence-corrected chi connectivity index (χ4v) is 2.26. The maximum absolute atomic E-state index is 12.0. The van der Waals surface area contributed by atoms with Crippen molar-refractivity contribution in [3.05, 3.63) is 21.9 Å². The summed E-state index contributed by atoms with van der Waals surface area (Å²) in [5.74, 6) is 0. The molecule has 0 unspecified atom stereocenters. The van der Waals surface area contributed by atoms with E-state index >= 15 is 0 Å². The number of hydrogen-bond acceptors (Lipinski definition) is 4. The van der Waals surface area contributed by atoms with Crippen LogP contribution < -0.4 is 5.73 Å². The van der Waals surface area contributed by atoms with Crippen LogP contribution in [0.3, 0.4) is 0 Å². The molecular weight excluding hydrogens is 310 g/mol. The number of rotatable bonds is 0. The molecule has 2 heterocycles. The highest BCUT2D eigenvalue weighted by Gasteiger charge is 2.26. The Balaban J connectivity index is 2.14. The Morgan fingerprint density at radius 1 is 1.53 bits per heavy atom. The van der Waals surface area contributed by atoms with Crippen LogP contribution in [0, 0.1) is 0 Å². The Kier molecular flexibility index (Phi) is 3.71. The molecule has 1 amide bonds. The minimum Gasteiger partial charge on any atom is -0.444 e. The van der Waals surface area contributed by atoms with E-state index in [4.69, 9.17) is 10.5 Å². The zero-order chi connectivity index (χ0) is 14.2. The summed E-state index contributed by atoms with van der Waals surface area (Å²) in [6, 6.07) is 1.92. The van der Waals surface area contributed by atoms with Crippen molar-refractivity contribution in [2.75, 3.05) is 12.3 Å². The maximum atomic E-state index is 12.0. The molecule has 2 rings (SSSR count). The van der Waals surface area contributed by atoms with Crippen molar-refractivity contribution in [3.8, 4) is 0 Å². The average Bonchev–Trinajstić information content (AvgIpc) is 2.27. The Morgan fingerprint density at radius 2 is 2.21 bits per heavy atom. The number of carbonyl (C=O) groups excluding carboxylic acids is 1. The molecule has 2 N–H and O–H groups in total. The molecule has 0 spiro atoms. The molecule has 0 aromatic carbocycles. The zero-order valence-corrected chi connectivity index (χ0v) is 13.0. The summed E-state index contributed by atoms with van der Waals surface area (Å²) in [5, 5.41) is 0. The molecule has 19 heavy (non-hydrogen) atoms. The molecule has 0 aliphatic carbocycles. The molecule has 5 nitrogen and oxygen atoms in total. The van der Waals surface area contributed by atoms with Crippen molar-refractivity contribution < 1.29 is 9.53 Å². The molecule has 1 aromatic rings. The molecule has 0 saturated carbocycles. The van der Waals surface area contributed by atoms with Crippen molar-refractivity contribution in [1.82, 2.24) is 9.88 Å². The van der Waals surface area contributed by atoms with Crippen molar-refractivity contribution in [3.63, 3.8) is 0 Å². The summed E-state index contributed by atoms with van der Waals surface area (Å²) in [5.41, 5.74) is 7.93. The highest BCUT2D eigenvalue weighted by atomic mass is 79.9. The standard InChI is InChI=1S/C13H18BrN3O2/c1-13(2,3)19-12(18)17-5-4-8-6-9(15)11(14)16-10(8)7-17/h6H,4-5,7,15H2,1-3H3. The monoisotopic (exact) mass is 327 g/mol. The first kappa shape index (κ1) is 14.1. The Hall–Kier alpha value is -1.30. The van der Waals surface area contributed by atoms with Crippen LogP contribution in [0.5, 0.6) is 0 Å². The number of amides is 1. The number of pyridine rings is 1. The molecule has 1 aromatic heterocycles. The fourth-order valence-electron chi connectivity index (χ4n) is 1.94. The van der Waals surface area contributed by atoms with E-state index in [2.05, 4.69) is 20.9 Å². The first-order valence-corrected chi connectivity index (χ1v) is 6.97. The second-order valence-electron chi connectivity index (χ2n) is 5.63. The summed E-state index contributed by atoms with van der Waals surface area (Å²) in [4.78, 5) is 18.1. The molecule has 0 atom stereocenters. The smallest absolute Gasteiger partial charge is 0.410 e. The highest BCUT2D eigenvalue weighted by molar-refractivity contribution is 9.10. The number of nitrogens with zero attached hydrogens (tertiary/aromatic N) is 2. The summed E-state index contributed by atoms with van der Waals surface area (Å²) >= 11 is 3.31. The van der Waals surface area contributed by atoms with Crippen molar-refractivity contribution in [1.29, 1.82) is 0 Å². The van der Waals surface area contributed by atoms with E-state index in [-0.39, 0.29) is 6.09 Å². The van der Waals surface area contributed by atoms with E-state index in [1.165, 1.54) is 0 Å². The lowest BCUT2D eigenvalue weighted by molar-refractivity contribution is 0.0221. The maximum Gasteiger partial charge on any atom is 0.410 e. The summed E-state index contributed by atoms with van der Waals surface area (Å²) in [7, 11) is 0. The predicted molar refractivity (Wildman–Crippen MR) is 76.7 cm³/mol. The second-order valence-corrected chi connectivity index (χ2v) is 6.38. The number of nitrogen functional groups attached to an aromatic ring is 1. The molecule has 0 bridgehead atoms. The van der Waals surface area contributed by atoms with Crippen LogP contribution in [0.25, 0.3) is 0 Å². The number of aromatic nitrogens is 1. The van der Waals surface area contributed by atoms with Crippen LogP contribution in [0.4, 0.5) is 10.5 Å². The highest BCUT2D eigenvalue weighted by Crippen LogP contribution is 2.25. The Labute approximate surface area is 121 Å². The molecular formula is C13H18BrN3O2. The van der Waals surface area contributed by atoms with Crippen LogP contribution in [0.15, 0.2) is 10.7 Å². The number of fused-ring (bicyclic) bond motifs is 1. The third-order valence-electron chi connectivity index (χ3n) is 2.82. The van der Waals surface area contributed by atoms with Crippen molar-refractivity contribution >= 4 is 27.7 Å². The van der Waals surface area contributed by atoms with Gasteiger partial charge >= 0.3 is 6.09 Å². The van der Waals surface area contributed by atoms with Gasteiger partial charge < -0.3 is 15.4 Å². The number of anilines is 1. The van der Waals surface area contributed by atoms with Crippen molar-refractivity contribution in [2.24, 2.45) is 0 Å². The molecule has 0 radical (unpaired) electrons. The predicted octanol–water partition coefficient (Wildman–Crippen LogP) is 2.72. The largest absolute Gasteiger partial charge is 0.444 e. The summed E-state index contributed by atoms with van der Waals surface area (Å²) in [6.45, 7) is 6.67. The zero-order valence-electron chi connectivity index (χ0n) is 11.4. The minimum atomic E-state index is -0.480. The minimum absolute atomic E-state index is 0.298. The lowest BCUT2D eigenvalue weighted by Gasteiger charge is -2.30. The molecule has 0 fully saturated rings. The van der Waals surface area contributed by atoms with Gasteiger partial charge in [-0.2, -0.15) is 0 Å². The van der Waals surface area contributed by atoms with Gasteiger partial charge in [0, 0.05) is 6.54 Å². The normalized spacial score (nSPS) is 15.1. The lowest BCUT2D eigenvalue weighted by Crippen LogP contribution is -2.40. The van der Waals surface area contributed by atoms with E-state index < -0.39 is 5.60 Å². The van der Waals surface area contributed by atoms with Crippen LogP contribution in [0.1, 0.15) is 32.0 Å². The Bertz CT molecular complexity index is 511. The van der Waals surface area contributed by atoms with Gasteiger partial charge in [0.15, 0.2) is 0 Å². The van der Waals surface area contributed by atoms with Crippen LogP contribution in [-0.2, 0) is 17.7 Å². The van der Waals surface area contributed by atoms with Gasteiger partial charge in [0.1, 0.15) is 10.2 Å². The quantitative estimate of drug-likeness (QED) is 0.744. The summed E-state index contributed by atoms with van der Waals surface area (Å²) < 4.78 is 5.99. The van der Waals surface area contributed by atoms with E-state index in [1.807, 2.05) is 26.8 Å². The average molecular weight is 328 g/mol. The SMILES string of the molecule is CC(C)(C)OC(=O)N1CCc2cc(N)c(Br)nc2C1. The third-order valence-corrected chi connectivity index (χ3v) is 3.45. The van der Waals surface area contributed by atoms with Gasteiger partial charge in [0.05, 0.1) is 17.9 Å². The van der Waals surface area contributed by atoms with Gasteiger partial charge in [0.25, 0.3) is 0 Å². The van der Waals surface area contributed by atoms with Crippen LogP contribution in [-0.4, -0.2) is 28.1 Å². The number of nitrogens with two attached hydrogens (primary N) is 1. The second kappa shape index (κ2) is 5.00. The van der Waals surface area contributed by atoms with Gasteiger partial charge in [-0.15, -0.1) is 0 Å². The van der Waals surface area contributed by atoms with Gasteiger partial charge in [-0.1, -0.05) is 0 Å². The number of ether oxygens (including phenoxy) is 1. The van der Waals surface area contributed by atoms with Gasteiger partial charge in [-0.05, 0) is 54.8 Å². The molecule has 104 valence electrons. The first-order valence-electron chi connectivity index (χ1n) is 6.18. The molecule has 6 heteroatoms.